The molecule has 1 heterocycles. The van der Waals surface area contributed by atoms with E-state index < -0.39 is 17.9 Å². The zero-order valence-electron chi connectivity index (χ0n) is 23.8. The lowest BCUT2D eigenvalue weighted by Gasteiger charge is -2.23. The van der Waals surface area contributed by atoms with Crippen LogP contribution in [0.2, 0.25) is 0 Å². The average Bonchev–Trinajstić information content (AvgIpc) is 2.88. The maximum Gasteiger partial charge on any atom is 0.224 e. The summed E-state index contributed by atoms with van der Waals surface area (Å²) in [5.41, 5.74) is 0.946. The minimum Gasteiger partial charge on any atom is -0.356 e. The van der Waals surface area contributed by atoms with Gasteiger partial charge in [-0.25, -0.2) is 0 Å². The first-order valence-electron chi connectivity index (χ1n) is 14.5. The summed E-state index contributed by atoms with van der Waals surface area (Å²) in [5.74, 6) is -1.34. The lowest BCUT2D eigenvalue weighted by Crippen LogP contribution is -2.42. The van der Waals surface area contributed by atoms with Crippen LogP contribution in [0.25, 0.3) is 0 Å². The molecule has 1 aliphatic heterocycles. The van der Waals surface area contributed by atoms with E-state index in [1.807, 2.05) is 44.2 Å². The van der Waals surface area contributed by atoms with Crippen molar-refractivity contribution in [2.24, 2.45) is 17.8 Å². The van der Waals surface area contributed by atoms with Gasteiger partial charge in [-0.1, -0.05) is 81.6 Å². The van der Waals surface area contributed by atoms with Gasteiger partial charge in [-0.15, -0.1) is 0 Å². The van der Waals surface area contributed by atoms with Gasteiger partial charge >= 0.3 is 0 Å². The first kappa shape index (κ1) is 32.7. The molecule has 0 saturated carbocycles. The van der Waals surface area contributed by atoms with Crippen LogP contribution in [0.4, 0.5) is 0 Å². The third kappa shape index (κ3) is 13.4. The number of ketones is 2. The molecule has 1 aromatic rings. The number of carbonyl (C=O) groups excluding carboxylic acids is 5. The van der Waals surface area contributed by atoms with E-state index in [1.165, 1.54) is 6.92 Å². The molecule has 7 nitrogen and oxygen atoms in total. The third-order valence-corrected chi connectivity index (χ3v) is 8.18. The Morgan fingerprint density at radius 2 is 1.62 bits per heavy atom. The number of rotatable bonds is 6. The Hall–Kier alpha value is -2.48. The highest BCUT2D eigenvalue weighted by Gasteiger charge is 2.30. The van der Waals surface area contributed by atoms with Gasteiger partial charge in [0.15, 0.2) is 10.9 Å². The Morgan fingerprint density at radius 3 is 2.28 bits per heavy atom. The van der Waals surface area contributed by atoms with Gasteiger partial charge in [0.1, 0.15) is 5.78 Å². The summed E-state index contributed by atoms with van der Waals surface area (Å²) >= 11 is 1.03. The summed E-state index contributed by atoms with van der Waals surface area (Å²) in [4.78, 5) is 64.4. The Labute approximate surface area is 238 Å². The highest BCUT2D eigenvalue weighted by Crippen LogP contribution is 2.25. The molecule has 2 N–H and O–H groups in total. The van der Waals surface area contributed by atoms with Gasteiger partial charge in [0.25, 0.3) is 0 Å². The Balaban J connectivity index is 2.26. The van der Waals surface area contributed by atoms with Crippen molar-refractivity contribution in [2.45, 2.75) is 97.4 Å². The van der Waals surface area contributed by atoms with Gasteiger partial charge in [-0.05, 0) is 44.1 Å². The largest absolute Gasteiger partial charge is 0.356 e. The van der Waals surface area contributed by atoms with Crippen molar-refractivity contribution in [1.29, 1.82) is 0 Å². The number of nitrogens with one attached hydrogen (secondary N) is 2. The first-order valence-corrected chi connectivity index (χ1v) is 15.4. The highest BCUT2D eigenvalue weighted by molar-refractivity contribution is 8.13. The van der Waals surface area contributed by atoms with Crippen LogP contribution in [0, 0.1) is 17.8 Å². The molecule has 2 rings (SSSR count). The van der Waals surface area contributed by atoms with Crippen LogP contribution in [0.1, 0.15) is 90.5 Å². The molecule has 216 valence electrons. The molecule has 1 aliphatic rings. The minimum atomic E-state index is -0.629. The molecule has 1 saturated heterocycles. The number of amides is 2. The Morgan fingerprint density at radius 1 is 0.949 bits per heavy atom. The van der Waals surface area contributed by atoms with Gasteiger partial charge in [0.2, 0.25) is 11.8 Å². The first-order chi connectivity index (χ1) is 18.7. The smallest absolute Gasteiger partial charge is 0.224 e. The maximum absolute atomic E-state index is 13.5. The fraction of sp³-hybridized carbons (Fsp3) is 0.645. The second kappa shape index (κ2) is 18.0. The van der Waals surface area contributed by atoms with Crippen LogP contribution >= 0.6 is 11.8 Å². The van der Waals surface area contributed by atoms with Crippen molar-refractivity contribution in [3.63, 3.8) is 0 Å². The van der Waals surface area contributed by atoms with E-state index in [1.54, 1.807) is 0 Å². The minimum absolute atomic E-state index is 0.0158. The average molecular weight is 559 g/mol. The van der Waals surface area contributed by atoms with Gasteiger partial charge in [-0.2, -0.15) is 0 Å². The number of carbonyl (C=O) groups is 5. The monoisotopic (exact) mass is 558 g/mol. The summed E-state index contributed by atoms with van der Waals surface area (Å²) in [6.07, 6.45) is 6.97. The molecule has 0 unspecified atom stereocenters. The molecule has 0 aliphatic carbocycles. The quantitative estimate of drug-likeness (QED) is 0.506. The molecular formula is C31H46N2O5S. The van der Waals surface area contributed by atoms with E-state index in [4.69, 9.17) is 0 Å². The van der Waals surface area contributed by atoms with E-state index in [-0.39, 0.29) is 53.0 Å². The van der Waals surface area contributed by atoms with Gasteiger partial charge in [-0.3, -0.25) is 19.2 Å². The van der Waals surface area contributed by atoms with E-state index in [2.05, 4.69) is 10.6 Å². The second-order valence-electron chi connectivity index (χ2n) is 11.2. The highest BCUT2D eigenvalue weighted by atomic mass is 32.2. The van der Waals surface area contributed by atoms with E-state index >= 15 is 0 Å². The zero-order valence-corrected chi connectivity index (χ0v) is 24.7. The molecule has 2 amide bonds. The van der Waals surface area contributed by atoms with E-state index in [0.29, 0.717) is 25.8 Å². The number of Topliss-reactive ketones (excluding diaryl/α,β-unsaturated/α-hetero) is 2. The third-order valence-electron chi connectivity index (χ3n) is 7.00. The van der Waals surface area contributed by atoms with Crippen LogP contribution in [-0.2, 0) is 30.4 Å². The number of hydrogen-bond donors (Lipinski definition) is 2. The summed E-state index contributed by atoms with van der Waals surface area (Å²) < 4.78 is 0. The number of thioether (sulfide) groups is 1. The summed E-state index contributed by atoms with van der Waals surface area (Å²) in [5, 5.41) is 5.73. The van der Waals surface area contributed by atoms with Crippen molar-refractivity contribution < 1.29 is 24.0 Å². The van der Waals surface area contributed by atoms with E-state index in [9.17, 15) is 24.0 Å². The van der Waals surface area contributed by atoms with Gasteiger partial charge in [0.05, 0.1) is 12.0 Å². The van der Waals surface area contributed by atoms with Crippen LogP contribution < -0.4 is 10.6 Å². The predicted molar refractivity (Wildman–Crippen MR) is 156 cm³/mol. The molecule has 1 aromatic carbocycles. The summed E-state index contributed by atoms with van der Waals surface area (Å²) in [6, 6.07) is 8.93. The topological polar surface area (TPSA) is 109 Å². The zero-order chi connectivity index (χ0) is 28.6. The van der Waals surface area contributed by atoms with Crippen LogP contribution in [0.15, 0.2) is 30.3 Å². The molecule has 0 aromatic heterocycles. The van der Waals surface area contributed by atoms with Gasteiger partial charge < -0.3 is 15.4 Å². The lowest BCUT2D eigenvalue weighted by molar-refractivity contribution is -0.129. The number of benzene rings is 1. The van der Waals surface area contributed by atoms with Crippen molar-refractivity contribution in [3.8, 4) is 0 Å². The van der Waals surface area contributed by atoms with Crippen LogP contribution in [0.3, 0.4) is 0 Å². The molecule has 39 heavy (non-hydrogen) atoms. The molecule has 0 bridgehead atoms. The van der Waals surface area contributed by atoms with Crippen molar-refractivity contribution in [1.82, 2.24) is 10.6 Å². The van der Waals surface area contributed by atoms with Crippen LogP contribution in [-0.4, -0.2) is 46.8 Å². The lowest BCUT2D eigenvalue weighted by atomic mass is 9.90. The fourth-order valence-corrected chi connectivity index (χ4v) is 5.92. The van der Waals surface area contributed by atoms with Crippen molar-refractivity contribution in [2.75, 3.05) is 12.3 Å². The summed E-state index contributed by atoms with van der Waals surface area (Å²) in [7, 11) is 0. The van der Waals surface area contributed by atoms with Crippen LogP contribution in [0.5, 0.6) is 0 Å². The Kier molecular flexibility index (Phi) is 15.1. The second-order valence-corrected chi connectivity index (χ2v) is 12.2. The molecule has 0 radical (unpaired) electrons. The van der Waals surface area contributed by atoms with E-state index in [0.717, 1.165) is 55.9 Å². The van der Waals surface area contributed by atoms with Gasteiger partial charge in [0, 0.05) is 37.5 Å². The molecular weight excluding hydrogens is 512 g/mol. The van der Waals surface area contributed by atoms with Crippen molar-refractivity contribution >= 4 is 40.3 Å². The molecule has 8 heteroatoms. The fourth-order valence-electron chi connectivity index (χ4n) is 4.88. The normalized spacial score (nSPS) is 23.6. The summed E-state index contributed by atoms with van der Waals surface area (Å²) in [6.45, 7) is 6.02. The molecule has 1 fully saturated rings. The number of hydrogen-bond acceptors (Lipinski definition) is 6. The van der Waals surface area contributed by atoms with Crippen molar-refractivity contribution in [3.05, 3.63) is 35.9 Å². The maximum atomic E-state index is 13.5. The molecule has 0 spiro atoms. The predicted octanol–water partition coefficient (Wildman–Crippen LogP) is 5.05. The Bertz CT molecular complexity index is 950. The SMILES string of the molecule is CC(=O)C[C@H]1CSC(=O)[C@H](Cc2ccccc2)CC(=O)[C@H](CC(C)C)NC(=O)CCCCCCCCNC1=O. The standard InChI is InChI=1S/C31H46N2O5S/c1-22(2)17-27-28(35)20-25(19-24-13-9-8-10-14-24)31(38)39-21-26(18-23(3)34)30(37)32-16-12-7-5-4-6-11-15-29(36)33-27/h8-10,13-14,22,25-27H,4-7,11-12,15-21H2,1-3H3,(H,32,37)(H,33,36)/t25-,26+,27+/m1/s1. The molecule has 3 atom stereocenters.